The molecule has 23 heavy (non-hydrogen) atoms. The molecule has 128 valence electrons. The Bertz CT molecular complexity index is 613. The fourth-order valence-corrected chi connectivity index (χ4v) is 5.83. The number of hydrogen-bond acceptors (Lipinski definition) is 3. The third kappa shape index (κ3) is 3.37. The van der Waals surface area contributed by atoms with Crippen molar-refractivity contribution in [3.05, 3.63) is 20.8 Å². The molecule has 1 aromatic carbocycles. The first-order chi connectivity index (χ1) is 10.8. The van der Waals surface area contributed by atoms with Gasteiger partial charge in [-0.15, -0.1) is 0 Å². The molecule has 1 aliphatic rings. The summed E-state index contributed by atoms with van der Waals surface area (Å²) in [5.74, 6) is 2.27. The van der Waals surface area contributed by atoms with Gasteiger partial charge in [-0.2, -0.15) is 0 Å². The van der Waals surface area contributed by atoms with Crippen LogP contribution in [0, 0.1) is 3.57 Å². The summed E-state index contributed by atoms with van der Waals surface area (Å²) in [6, 6.07) is 2.06. The maximum atomic E-state index is 12.9. The Hall–Kier alpha value is -0.0500. The van der Waals surface area contributed by atoms with Gasteiger partial charge < -0.3 is 9.47 Å². The lowest BCUT2D eigenvalue weighted by atomic mass is 9.69. The molecule has 2 rings (SSSR count). The van der Waals surface area contributed by atoms with Crippen LogP contribution in [0.3, 0.4) is 0 Å². The summed E-state index contributed by atoms with van der Waals surface area (Å²) in [5, 5.41) is 0. The van der Waals surface area contributed by atoms with Crippen LogP contribution in [-0.4, -0.2) is 23.9 Å². The number of Topliss-reactive ketones (excluding diaryl/α,β-unsaturated/α-hetero) is 1. The van der Waals surface area contributed by atoms with E-state index in [4.69, 9.17) is 9.47 Å². The van der Waals surface area contributed by atoms with Crippen LogP contribution in [0.1, 0.15) is 57.1 Å². The maximum Gasteiger partial charge on any atom is 0.155 e. The average Bonchev–Trinajstić information content (AvgIpc) is 2.51. The van der Waals surface area contributed by atoms with Crippen LogP contribution >= 0.6 is 45.2 Å². The summed E-state index contributed by atoms with van der Waals surface area (Å²) < 4.78 is 12.5. The number of halogens is 2. The summed E-state index contributed by atoms with van der Waals surface area (Å²) in [6.07, 6.45) is 2.93. The molecule has 5 heteroatoms. The molecule has 0 aromatic heterocycles. The van der Waals surface area contributed by atoms with Gasteiger partial charge in [-0.1, -0.05) is 42.9 Å². The van der Waals surface area contributed by atoms with E-state index in [1.165, 1.54) is 0 Å². The molecular weight excluding hydrogens is 518 g/mol. The van der Waals surface area contributed by atoms with Gasteiger partial charge in [-0.3, -0.25) is 4.79 Å². The minimum atomic E-state index is -0.462. The minimum Gasteiger partial charge on any atom is -0.496 e. The Balaban J connectivity index is 2.70. The van der Waals surface area contributed by atoms with Crippen LogP contribution in [-0.2, 0) is 10.2 Å². The highest BCUT2D eigenvalue weighted by Gasteiger charge is 2.43. The minimum absolute atomic E-state index is 0.0870. The third-order valence-electron chi connectivity index (χ3n) is 4.78. The fraction of sp³-hybridized carbons (Fsp3) is 0.611. The van der Waals surface area contributed by atoms with Crippen LogP contribution < -0.4 is 9.47 Å². The number of carbonyl (C=O) groups is 1. The highest BCUT2D eigenvalue weighted by Crippen LogP contribution is 2.47. The van der Waals surface area contributed by atoms with E-state index in [1.807, 2.05) is 0 Å². The molecule has 0 aliphatic heterocycles. The van der Waals surface area contributed by atoms with Crippen LogP contribution in [0.15, 0.2) is 6.07 Å². The number of hydrogen-bond donors (Lipinski definition) is 0. The molecule has 0 radical (unpaired) electrons. The smallest absolute Gasteiger partial charge is 0.155 e. The molecule has 0 heterocycles. The monoisotopic (exact) mass is 542 g/mol. The molecule has 3 nitrogen and oxygen atoms in total. The Labute approximate surface area is 166 Å². The molecule has 2 atom stereocenters. The predicted molar refractivity (Wildman–Crippen MR) is 110 cm³/mol. The van der Waals surface area contributed by atoms with Crippen molar-refractivity contribution in [1.29, 1.82) is 0 Å². The van der Waals surface area contributed by atoms with Gasteiger partial charge in [0.05, 0.1) is 27.1 Å². The van der Waals surface area contributed by atoms with Crippen LogP contribution in [0.4, 0.5) is 0 Å². The molecule has 0 spiro atoms. The second-order valence-corrected chi connectivity index (χ2v) is 9.18. The third-order valence-corrected chi connectivity index (χ3v) is 7.04. The molecule has 1 aromatic rings. The Kier molecular flexibility index (Phi) is 6.25. The van der Waals surface area contributed by atoms with Crippen LogP contribution in [0.25, 0.3) is 0 Å². The van der Waals surface area contributed by atoms with Gasteiger partial charge in [0.25, 0.3) is 0 Å². The number of benzene rings is 1. The van der Waals surface area contributed by atoms with Crippen LogP contribution in [0.2, 0.25) is 0 Å². The van der Waals surface area contributed by atoms with Gasteiger partial charge in [0.15, 0.2) is 5.78 Å². The lowest BCUT2D eigenvalue weighted by Gasteiger charge is -2.36. The number of alkyl halides is 1. The molecule has 0 unspecified atom stereocenters. The normalized spacial score (nSPS) is 24.9. The number of ether oxygens (including phenoxy) is 2. The van der Waals surface area contributed by atoms with Crippen molar-refractivity contribution in [2.75, 3.05) is 14.2 Å². The van der Waals surface area contributed by atoms with Gasteiger partial charge in [-0.05, 0) is 59.9 Å². The van der Waals surface area contributed by atoms with Crippen molar-refractivity contribution in [2.45, 2.75) is 55.3 Å². The standard InChI is InChI=1S/C18H24I2O3/c1-10(2)14-13(22-4)9-11(15(20)16(14)23-5)18(3)8-6-7-12(19)17(18)21/h9-10,12H,6-8H2,1-5H3/t12-,18+/m0/s1. The highest BCUT2D eigenvalue weighted by atomic mass is 127. The van der Waals surface area contributed by atoms with Crippen molar-refractivity contribution in [3.8, 4) is 11.5 Å². The maximum absolute atomic E-state index is 12.9. The Morgan fingerprint density at radius 3 is 2.48 bits per heavy atom. The van der Waals surface area contributed by atoms with Crippen molar-refractivity contribution < 1.29 is 14.3 Å². The summed E-state index contributed by atoms with van der Waals surface area (Å²) in [4.78, 5) is 12.9. The van der Waals surface area contributed by atoms with E-state index in [0.29, 0.717) is 5.78 Å². The van der Waals surface area contributed by atoms with Gasteiger partial charge in [-0.25, -0.2) is 0 Å². The fourth-order valence-electron chi connectivity index (χ4n) is 3.44. The van der Waals surface area contributed by atoms with E-state index in [-0.39, 0.29) is 9.84 Å². The zero-order chi connectivity index (χ0) is 17.4. The Morgan fingerprint density at radius 2 is 1.96 bits per heavy atom. The highest BCUT2D eigenvalue weighted by molar-refractivity contribution is 14.1. The quantitative estimate of drug-likeness (QED) is 0.386. The summed E-state index contributed by atoms with van der Waals surface area (Å²) in [5.41, 5.74) is 1.65. The number of ketones is 1. The van der Waals surface area contributed by atoms with E-state index >= 15 is 0 Å². The molecule has 0 amide bonds. The van der Waals surface area contributed by atoms with Gasteiger partial charge in [0, 0.05) is 5.56 Å². The number of rotatable bonds is 4. The lowest BCUT2D eigenvalue weighted by molar-refractivity contribution is -0.124. The van der Waals surface area contributed by atoms with E-state index < -0.39 is 5.41 Å². The van der Waals surface area contributed by atoms with E-state index in [0.717, 1.165) is 45.5 Å². The van der Waals surface area contributed by atoms with Crippen molar-refractivity contribution in [2.24, 2.45) is 0 Å². The zero-order valence-electron chi connectivity index (χ0n) is 14.3. The number of carbonyl (C=O) groups excluding carboxylic acids is 1. The topological polar surface area (TPSA) is 35.5 Å². The van der Waals surface area contributed by atoms with E-state index in [1.54, 1.807) is 14.2 Å². The second-order valence-electron chi connectivity index (χ2n) is 6.60. The summed E-state index contributed by atoms with van der Waals surface area (Å²) >= 11 is 4.61. The lowest BCUT2D eigenvalue weighted by Crippen LogP contribution is -2.42. The average molecular weight is 542 g/mol. The van der Waals surface area contributed by atoms with Gasteiger partial charge in [0.1, 0.15) is 11.5 Å². The van der Waals surface area contributed by atoms with E-state index in [9.17, 15) is 4.79 Å². The second kappa shape index (κ2) is 7.45. The zero-order valence-corrected chi connectivity index (χ0v) is 18.6. The van der Waals surface area contributed by atoms with Crippen LogP contribution in [0.5, 0.6) is 11.5 Å². The first-order valence-electron chi connectivity index (χ1n) is 7.91. The SMILES string of the molecule is COc1cc([C@@]2(C)CCC[C@H](I)C2=O)c(I)c(OC)c1C(C)C. The first-order valence-corrected chi connectivity index (χ1v) is 10.2. The molecule has 1 fully saturated rings. The van der Waals surface area contributed by atoms with E-state index in [2.05, 4.69) is 72.0 Å². The predicted octanol–water partition coefficient (Wildman–Crippen LogP) is 5.25. The van der Waals surface area contributed by atoms with Crippen molar-refractivity contribution in [3.63, 3.8) is 0 Å². The summed E-state index contributed by atoms with van der Waals surface area (Å²) in [7, 11) is 3.38. The summed E-state index contributed by atoms with van der Waals surface area (Å²) in [6.45, 7) is 6.33. The molecule has 1 saturated carbocycles. The molecule has 0 N–H and O–H groups in total. The molecular formula is C18H24I2O3. The van der Waals surface area contributed by atoms with Gasteiger partial charge in [0.2, 0.25) is 0 Å². The number of methoxy groups -OCH3 is 2. The van der Waals surface area contributed by atoms with Crippen molar-refractivity contribution in [1.82, 2.24) is 0 Å². The van der Waals surface area contributed by atoms with Gasteiger partial charge >= 0.3 is 0 Å². The largest absolute Gasteiger partial charge is 0.496 e. The first kappa shape index (κ1) is 19.3. The van der Waals surface area contributed by atoms with Crippen molar-refractivity contribution >= 4 is 51.0 Å². The molecule has 1 aliphatic carbocycles. The molecule has 0 bridgehead atoms. The molecule has 0 saturated heterocycles. The Morgan fingerprint density at radius 1 is 1.30 bits per heavy atom.